The molecule has 0 aliphatic carbocycles. The van der Waals surface area contributed by atoms with E-state index in [1.54, 1.807) is 30.5 Å². The number of aromatic nitrogens is 1. The van der Waals surface area contributed by atoms with Crippen LogP contribution in [0, 0.1) is 13.8 Å². The molecule has 0 bridgehead atoms. The summed E-state index contributed by atoms with van der Waals surface area (Å²) in [6.45, 7) is 6.52. The van der Waals surface area contributed by atoms with Gasteiger partial charge in [0.05, 0.1) is 17.7 Å². The van der Waals surface area contributed by atoms with Crippen LogP contribution >= 0.6 is 0 Å². The minimum atomic E-state index is -0.496. The van der Waals surface area contributed by atoms with E-state index in [0.29, 0.717) is 34.5 Å². The van der Waals surface area contributed by atoms with Crippen molar-refractivity contribution in [2.45, 2.75) is 33.6 Å². The van der Waals surface area contributed by atoms with Gasteiger partial charge in [-0.2, -0.15) is 0 Å². The average molecular weight is 416 g/mol. The molecular formula is C25H24N2O4. The van der Waals surface area contributed by atoms with Crippen LogP contribution in [0.3, 0.4) is 0 Å². The van der Waals surface area contributed by atoms with Crippen molar-refractivity contribution in [2.24, 2.45) is 0 Å². The second-order valence-corrected chi connectivity index (χ2v) is 7.53. The minimum absolute atomic E-state index is 0.0356. The Morgan fingerprint density at radius 2 is 1.97 bits per heavy atom. The van der Waals surface area contributed by atoms with Crippen LogP contribution in [0.5, 0.6) is 5.75 Å². The fraction of sp³-hybridized carbons (Fsp3) is 0.240. The summed E-state index contributed by atoms with van der Waals surface area (Å²) < 4.78 is 11.7. The Morgan fingerprint density at radius 1 is 1.13 bits per heavy atom. The van der Waals surface area contributed by atoms with E-state index in [9.17, 15) is 9.59 Å². The van der Waals surface area contributed by atoms with Crippen molar-refractivity contribution in [2.75, 3.05) is 11.9 Å². The van der Waals surface area contributed by atoms with Gasteiger partial charge < -0.3 is 14.5 Å². The fourth-order valence-electron chi connectivity index (χ4n) is 3.45. The van der Waals surface area contributed by atoms with Crippen molar-refractivity contribution >= 4 is 33.5 Å². The van der Waals surface area contributed by atoms with E-state index in [4.69, 9.17) is 9.15 Å². The Kier molecular flexibility index (Phi) is 5.71. The Morgan fingerprint density at radius 3 is 2.77 bits per heavy atom. The molecule has 0 aliphatic rings. The first kappa shape index (κ1) is 20.6. The second-order valence-electron chi connectivity index (χ2n) is 7.53. The molecule has 31 heavy (non-hydrogen) atoms. The van der Waals surface area contributed by atoms with Gasteiger partial charge in [0.1, 0.15) is 16.8 Å². The zero-order chi connectivity index (χ0) is 22.0. The van der Waals surface area contributed by atoms with Crippen LogP contribution < -0.4 is 15.5 Å². The molecule has 0 unspecified atom stereocenters. The molecule has 6 nitrogen and oxygen atoms in total. The van der Waals surface area contributed by atoms with Gasteiger partial charge in [0.15, 0.2) is 11.2 Å². The molecule has 2 aromatic heterocycles. The van der Waals surface area contributed by atoms with Gasteiger partial charge in [-0.15, -0.1) is 0 Å². The zero-order valence-electron chi connectivity index (χ0n) is 17.8. The number of hydrogen-bond acceptors (Lipinski definition) is 5. The number of ether oxygens (including phenoxy) is 1. The smallest absolute Gasteiger partial charge is 0.291 e. The summed E-state index contributed by atoms with van der Waals surface area (Å²) in [5.41, 5.74) is 3.25. The number of pyridine rings is 1. The van der Waals surface area contributed by atoms with Gasteiger partial charge in [0.2, 0.25) is 0 Å². The number of unbranched alkanes of at least 4 members (excludes halogenated alkanes) is 1. The number of benzene rings is 2. The number of anilines is 1. The fourth-order valence-corrected chi connectivity index (χ4v) is 3.45. The zero-order valence-corrected chi connectivity index (χ0v) is 17.8. The lowest BCUT2D eigenvalue weighted by Gasteiger charge is -2.13. The molecule has 0 fully saturated rings. The highest BCUT2D eigenvalue weighted by molar-refractivity contribution is 6.08. The largest absolute Gasteiger partial charge is 0.491 e. The van der Waals surface area contributed by atoms with Gasteiger partial charge in [-0.1, -0.05) is 19.4 Å². The molecule has 0 saturated carbocycles. The van der Waals surface area contributed by atoms with Crippen LogP contribution in [0.25, 0.3) is 21.9 Å². The first-order chi connectivity index (χ1) is 15.0. The van der Waals surface area contributed by atoms with Crippen molar-refractivity contribution in [1.29, 1.82) is 0 Å². The number of carbonyl (C=O) groups is 1. The molecule has 0 radical (unpaired) electrons. The van der Waals surface area contributed by atoms with Crippen LogP contribution in [0.15, 0.2) is 57.9 Å². The third kappa shape index (κ3) is 4.01. The number of rotatable bonds is 6. The number of nitrogens with one attached hydrogen (secondary N) is 1. The Labute approximate surface area is 179 Å². The van der Waals surface area contributed by atoms with Crippen LogP contribution in [0.2, 0.25) is 0 Å². The van der Waals surface area contributed by atoms with Crippen LogP contribution in [0.1, 0.15) is 41.4 Å². The monoisotopic (exact) mass is 416 g/mol. The van der Waals surface area contributed by atoms with E-state index >= 15 is 0 Å². The summed E-state index contributed by atoms with van der Waals surface area (Å²) in [5.74, 6) is 0.140. The Hall–Kier alpha value is -3.67. The minimum Gasteiger partial charge on any atom is -0.491 e. The Balaban J connectivity index is 1.70. The molecule has 2 heterocycles. The molecule has 0 atom stereocenters. The van der Waals surface area contributed by atoms with Crippen LogP contribution in [0.4, 0.5) is 5.69 Å². The van der Waals surface area contributed by atoms with Crippen LogP contribution in [-0.2, 0) is 0 Å². The summed E-state index contributed by atoms with van der Waals surface area (Å²) in [5, 5.41) is 4.07. The number of nitrogens with zero attached hydrogens (tertiary/aromatic N) is 1. The van der Waals surface area contributed by atoms with Crippen molar-refractivity contribution in [3.63, 3.8) is 0 Å². The first-order valence-corrected chi connectivity index (χ1v) is 10.4. The van der Waals surface area contributed by atoms with E-state index < -0.39 is 5.91 Å². The molecule has 2 aromatic carbocycles. The summed E-state index contributed by atoms with van der Waals surface area (Å²) in [7, 11) is 0. The highest BCUT2D eigenvalue weighted by Gasteiger charge is 2.16. The van der Waals surface area contributed by atoms with Gasteiger partial charge >= 0.3 is 0 Å². The Bertz CT molecular complexity index is 1340. The molecule has 1 amide bonds. The lowest BCUT2D eigenvalue weighted by Crippen LogP contribution is -2.15. The highest BCUT2D eigenvalue weighted by Crippen LogP contribution is 2.30. The predicted octanol–water partition coefficient (Wildman–Crippen LogP) is 5.39. The molecule has 6 heteroatoms. The van der Waals surface area contributed by atoms with Gasteiger partial charge in [-0.25, -0.2) is 0 Å². The quantitative estimate of drug-likeness (QED) is 0.426. The van der Waals surface area contributed by atoms with E-state index in [2.05, 4.69) is 17.2 Å². The van der Waals surface area contributed by atoms with Crippen molar-refractivity contribution in [3.05, 3.63) is 75.8 Å². The van der Waals surface area contributed by atoms with E-state index in [1.165, 1.54) is 6.07 Å². The predicted molar refractivity (Wildman–Crippen MR) is 122 cm³/mol. The maximum Gasteiger partial charge on any atom is 0.291 e. The summed E-state index contributed by atoms with van der Waals surface area (Å²) in [6, 6.07) is 12.1. The third-order valence-electron chi connectivity index (χ3n) is 5.38. The van der Waals surface area contributed by atoms with Gasteiger partial charge in [0, 0.05) is 17.6 Å². The lowest BCUT2D eigenvalue weighted by molar-refractivity contribution is 0.0997. The van der Waals surface area contributed by atoms with E-state index in [0.717, 1.165) is 29.4 Å². The maximum atomic E-state index is 13.0. The van der Waals surface area contributed by atoms with E-state index in [-0.39, 0.29) is 11.2 Å². The first-order valence-electron chi connectivity index (χ1n) is 10.4. The maximum absolute atomic E-state index is 13.0. The number of aryl methyl sites for hydroxylation is 2. The standard InChI is InChI=1S/C25H24N2O4/c1-4-5-13-30-21-11-10-19(17-7-6-12-26-23(17)21)27-25(29)22-14-20(28)18-9-8-15(2)16(3)24(18)31-22/h6-12,14H,4-5,13H2,1-3H3,(H,27,29). The lowest BCUT2D eigenvalue weighted by atomic mass is 10.1. The SMILES string of the molecule is CCCCOc1ccc(NC(=O)c2cc(=O)c3ccc(C)c(C)c3o2)c2cccnc12. The summed E-state index contributed by atoms with van der Waals surface area (Å²) >= 11 is 0. The topological polar surface area (TPSA) is 81.4 Å². The molecule has 0 spiro atoms. The molecule has 4 rings (SSSR count). The number of fused-ring (bicyclic) bond motifs is 2. The van der Waals surface area contributed by atoms with Crippen LogP contribution in [-0.4, -0.2) is 17.5 Å². The van der Waals surface area contributed by atoms with E-state index in [1.807, 2.05) is 26.0 Å². The van der Waals surface area contributed by atoms with Crippen molar-refractivity contribution < 1.29 is 13.9 Å². The summed E-state index contributed by atoms with van der Waals surface area (Å²) in [6.07, 6.45) is 3.68. The normalized spacial score (nSPS) is 11.1. The second kappa shape index (κ2) is 8.60. The molecule has 158 valence electrons. The molecule has 1 N–H and O–H groups in total. The van der Waals surface area contributed by atoms with Crippen molar-refractivity contribution in [1.82, 2.24) is 4.98 Å². The molecule has 4 aromatic rings. The number of carbonyl (C=O) groups excluding carboxylic acids is 1. The molecule has 0 saturated heterocycles. The third-order valence-corrected chi connectivity index (χ3v) is 5.38. The van der Waals surface area contributed by atoms with Gasteiger partial charge in [-0.3, -0.25) is 14.6 Å². The molecular weight excluding hydrogens is 392 g/mol. The molecule has 0 aliphatic heterocycles. The average Bonchev–Trinajstić information content (AvgIpc) is 2.78. The van der Waals surface area contributed by atoms with Gasteiger partial charge in [0.25, 0.3) is 5.91 Å². The van der Waals surface area contributed by atoms with Crippen molar-refractivity contribution in [3.8, 4) is 5.75 Å². The highest BCUT2D eigenvalue weighted by atomic mass is 16.5. The number of hydrogen-bond donors (Lipinski definition) is 1. The summed E-state index contributed by atoms with van der Waals surface area (Å²) in [4.78, 5) is 29.9. The number of amides is 1. The van der Waals surface area contributed by atoms with Gasteiger partial charge in [-0.05, 0) is 61.7 Å².